The minimum Gasteiger partial charge on any atom is -0.336 e. The van der Waals surface area contributed by atoms with Crippen molar-refractivity contribution in [3.8, 4) is 0 Å². The van der Waals surface area contributed by atoms with Crippen LogP contribution in [-0.2, 0) is 4.79 Å². The Morgan fingerprint density at radius 2 is 1.65 bits per heavy atom. The minimum absolute atomic E-state index is 0. The molecule has 4 nitrogen and oxygen atoms in total. The van der Waals surface area contributed by atoms with Crippen molar-refractivity contribution in [2.24, 2.45) is 5.92 Å². The second-order valence-electron chi connectivity index (χ2n) is 7.58. The van der Waals surface area contributed by atoms with Crippen molar-refractivity contribution in [2.75, 3.05) is 33.2 Å². The Kier molecular flexibility index (Phi) is 7.64. The van der Waals surface area contributed by atoms with Crippen LogP contribution in [0, 0.1) is 5.92 Å². The summed E-state index contributed by atoms with van der Waals surface area (Å²) in [4.78, 5) is 17.5. The van der Waals surface area contributed by atoms with E-state index in [1.807, 2.05) is 7.05 Å². The summed E-state index contributed by atoms with van der Waals surface area (Å²) in [6.45, 7) is 4.03. The molecule has 3 aliphatic rings. The topological polar surface area (TPSA) is 35.6 Å². The monoisotopic (exact) mass is 343 g/mol. The van der Waals surface area contributed by atoms with Crippen LogP contribution in [0.1, 0.15) is 57.8 Å². The quantitative estimate of drug-likeness (QED) is 0.772. The average Bonchev–Trinajstić information content (AvgIpc) is 3.21. The van der Waals surface area contributed by atoms with Crippen molar-refractivity contribution in [1.82, 2.24) is 15.1 Å². The van der Waals surface area contributed by atoms with Crippen LogP contribution in [0.3, 0.4) is 0 Å². The standard InChI is InChI=1S/C18H33N3O.ClH/c1-19-11-8-15-9-12-20(13-10-15)14-18(22)21(17-6-7-17)16-4-2-3-5-16;/h15-17,19H,2-14H2,1H3;1H. The third-order valence-electron chi connectivity index (χ3n) is 5.81. The van der Waals surface area contributed by atoms with Gasteiger partial charge in [0.2, 0.25) is 5.91 Å². The molecule has 0 aromatic heterocycles. The van der Waals surface area contributed by atoms with E-state index in [0.29, 0.717) is 24.5 Å². The van der Waals surface area contributed by atoms with Gasteiger partial charge < -0.3 is 10.2 Å². The molecule has 1 N–H and O–H groups in total. The molecule has 5 heteroatoms. The first-order valence-electron chi connectivity index (χ1n) is 9.46. The number of hydrogen-bond acceptors (Lipinski definition) is 3. The summed E-state index contributed by atoms with van der Waals surface area (Å²) in [5.74, 6) is 1.27. The van der Waals surface area contributed by atoms with Crippen LogP contribution in [0.15, 0.2) is 0 Å². The zero-order valence-electron chi connectivity index (χ0n) is 14.6. The molecule has 1 heterocycles. The van der Waals surface area contributed by atoms with Crippen LogP contribution in [0.2, 0.25) is 0 Å². The second kappa shape index (κ2) is 9.24. The molecule has 134 valence electrons. The molecule has 0 spiro atoms. The van der Waals surface area contributed by atoms with Gasteiger partial charge in [-0.15, -0.1) is 12.4 Å². The molecule has 1 amide bonds. The van der Waals surface area contributed by atoms with E-state index in [9.17, 15) is 4.79 Å². The maximum absolute atomic E-state index is 12.8. The maximum Gasteiger partial charge on any atom is 0.237 e. The molecule has 2 aliphatic carbocycles. The number of hydrogen-bond donors (Lipinski definition) is 1. The van der Waals surface area contributed by atoms with Gasteiger partial charge in [0.15, 0.2) is 0 Å². The van der Waals surface area contributed by atoms with Crippen LogP contribution in [-0.4, -0.2) is 61.0 Å². The Bertz CT molecular complexity index is 361. The van der Waals surface area contributed by atoms with Crippen LogP contribution >= 0.6 is 12.4 Å². The number of amides is 1. The lowest BCUT2D eigenvalue weighted by molar-refractivity contribution is -0.135. The van der Waals surface area contributed by atoms with Gasteiger partial charge in [0.1, 0.15) is 0 Å². The van der Waals surface area contributed by atoms with Gasteiger partial charge in [-0.25, -0.2) is 0 Å². The number of nitrogens with one attached hydrogen (secondary N) is 1. The van der Waals surface area contributed by atoms with Crippen LogP contribution < -0.4 is 5.32 Å². The predicted octanol–water partition coefficient (Wildman–Crippen LogP) is 2.66. The minimum atomic E-state index is 0. The van der Waals surface area contributed by atoms with Crippen molar-refractivity contribution in [3.05, 3.63) is 0 Å². The maximum atomic E-state index is 12.8. The van der Waals surface area contributed by atoms with Crippen molar-refractivity contribution < 1.29 is 4.79 Å². The predicted molar refractivity (Wildman–Crippen MR) is 97.1 cm³/mol. The van der Waals surface area contributed by atoms with Crippen molar-refractivity contribution in [3.63, 3.8) is 0 Å². The van der Waals surface area contributed by atoms with E-state index >= 15 is 0 Å². The molecule has 0 unspecified atom stereocenters. The molecule has 1 saturated heterocycles. The van der Waals surface area contributed by atoms with Gasteiger partial charge in [0.05, 0.1) is 6.54 Å². The first-order chi connectivity index (χ1) is 10.8. The van der Waals surface area contributed by atoms with E-state index < -0.39 is 0 Å². The highest BCUT2D eigenvalue weighted by Gasteiger charge is 2.38. The SMILES string of the molecule is CNCCC1CCN(CC(=O)N(C2CCCC2)C2CC2)CC1.Cl. The first kappa shape index (κ1) is 19.0. The first-order valence-corrected chi connectivity index (χ1v) is 9.46. The Morgan fingerprint density at radius 1 is 1.04 bits per heavy atom. The normalized spacial score (nSPS) is 23.7. The van der Waals surface area contributed by atoms with Gasteiger partial charge in [-0.05, 0) is 77.5 Å². The Balaban J connectivity index is 0.00000192. The van der Waals surface area contributed by atoms with Crippen LogP contribution in [0.25, 0.3) is 0 Å². The number of rotatable bonds is 7. The average molecular weight is 344 g/mol. The van der Waals surface area contributed by atoms with Gasteiger partial charge in [0.25, 0.3) is 0 Å². The smallest absolute Gasteiger partial charge is 0.237 e. The van der Waals surface area contributed by atoms with Crippen LogP contribution in [0.4, 0.5) is 0 Å². The zero-order chi connectivity index (χ0) is 15.4. The van der Waals surface area contributed by atoms with Crippen molar-refractivity contribution in [2.45, 2.75) is 69.9 Å². The fourth-order valence-corrected chi connectivity index (χ4v) is 4.30. The number of carbonyl (C=O) groups is 1. The van der Waals surface area contributed by atoms with Gasteiger partial charge >= 0.3 is 0 Å². The summed E-state index contributed by atoms with van der Waals surface area (Å²) < 4.78 is 0. The molecular formula is C18H34ClN3O. The number of nitrogens with zero attached hydrogens (tertiary/aromatic N) is 2. The lowest BCUT2D eigenvalue weighted by atomic mass is 9.93. The lowest BCUT2D eigenvalue weighted by Crippen LogP contribution is -2.47. The van der Waals surface area contributed by atoms with E-state index in [1.165, 1.54) is 57.8 Å². The molecule has 23 heavy (non-hydrogen) atoms. The van der Waals surface area contributed by atoms with E-state index in [-0.39, 0.29) is 12.4 Å². The molecular weight excluding hydrogens is 310 g/mol. The summed E-state index contributed by atoms with van der Waals surface area (Å²) in [6, 6.07) is 1.15. The molecule has 0 atom stereocenters. The van der Waals surface area contributed by atoms with Crippen LogP contribution in [0.5, 0.6) is 0 Å². The third-order valence-corrected chi connectivity index (χ3v) is 5.81. The molecule has 3 rings (SSSR count). The fraction of sp³-hybridized carbons (Fsp3) is 0.944. The summed E-state index contributed by atoms with van der Waals surface area (Å²) in [5.41, 5.74) is 0. The molecule has 2 saturated carbocycles. The molecule has 0 bridgehead atoms. The lowest BCUT2D eigenvalue weighted by Gasteiger charge is -2.35. The molecule has 1 aliphatic heterocycles. The van der Waals surface area contributed by atoms with E-state index in [2.05, 4.69) is 15.1 Å². The summed E-state index contributed by atoms with van der Waals surface area (Å²) in [7, 11) is 2.03. The van der Waals surface area contributed by atoms with Crippen molar-refractivity contribution in [1.29, 1.82) is 0 Å². The molecule has 0 radical (unpaired) electrons. The number of carbonyl (C=O) groups excluding carboxylic acids is 1. The van der Waals surface area contributed by atoms with Gasteiger partial charge in [-0.3, -0.25) is 9.69 Å². The molecule has 0 aromatic carbocycles. The Labute approximate surface area is 147 Å². The highest BCUT2D eigenvalue weighted by molar-refractivity contribution is 5.85. The largest absolute Gasteiger partial charge is 0.336 e. The Morgan fingerprint density at radius 3 is 2.22 bits per heavy atom. The number of halogens is 1. The highest BCUT2D eigenvalue weighted by Crippen LogP contribution is 2.34. The van der Waals surface area contributed by atoms with Gasteiger partial charge in [0, 0.05) is 12.1 Å². The molecule has 3 fully saturated rings. The fourth-order valence-electron chi connectivity index (χ4n) is 4.30. The second-order valence-corrected chi connectivity index (χ2v) is 7.58. The highest BCUT2D eigenvalue weighted by atomic mass is 35.5. The van der Waals surface area contributed by atoms with Gasteiger partial charge in [-0.1, -0.05) is 12.8 Å². The van der Waals surface area contributed by atoms with E-state index in [1.54, 1.807) is 0 Å². The summed E-state index contributed by atoms with van der Waals surface area (Å²) in [6.07, 6.45) is 11.4. The molecule has 0 aromatic rings. The summed E-state index contributed by atoms with van der Waals surface area (Å²) in [5, 5.41) is 3.25. The number of piperidine rings is 1. The third kappa shape index (κ3) is 5.33. The summed E-state index contributed by atoms with van der Waals surface area (Å²) >= 11 is 0. The number of likely N-dealkylation sites (tertiary alicyclic amines) is 1. The Hall–Kier alpha value is -0.320. The van der Waals surface area contributed by atoms with E-state index in [4.69, 9.17) is 0 Å². The zero-order valence-corrected chi connectivity index (χ0v) is 15.5. The van der Waals surface area contributed by atoms with Crippen molar-refractivity contribution >= 4 is 18.3 Å². The van der Waals surface area contributed by atoms with Gasteiger partial charge in [-0.2, -0.15) is 0 Å². The van der Waals surface area contributed by atoms with E-state index in [0.717, 1.165) is 25.6 Å².